The highest BCUT2D eigenvalue weighted by atomic mass is 127. The zero-order valence-electron chi connectivity index (χ0n) is 17.3. The molecule has 0 atom stereocenters. The zero-order chi connectivity index (χ0) is 20.4. The number of nitrogens with one attached hydrogen (secondary N) is 1. The van der Waals surface area contributed by atoms with E-state index in [1.165, 1.54) is 4.31 Å². The lowest BCUT2D eigenvalue weighted by atomic mass is 10.1. The number of morpholine rings is 1. The maximum atomic E-state index is 12.8. The molecule has 0 amide bonds. The van der Waals surface area contributed by atoms with Crippen molar-refractivity contribution in [2.75, 3.05) is 46.9 Å². The fourth-order valence-electron chi connectivity index (χ4n) is 3.12. The number of sulfonamides is 1. The molecule has 0 spiro atoms. The lowest BCUT2D eigenvalue weighted by molar-refractivity contribution is 0.0729. The van der Waals surface area contributed by atoms with Crippen LogP contribution < -0.4 is 5.32 Å². The Morgan fingerprint density at radius 3 is 2.59 bits per heavy atom. The Morgan fingerprint density at radius 1 is 1.31 bits per heavy atom. The van der Waals surface area contributed by atoms with Crippen molar-refractivity contribution in [1.29, 1.82) is 0 Å². The smallest absolute Gasteiger partial charge is 0.218 e. The fraction of sp³-hybridized carbons (Fsp3) is 0.550. The number of unbranched alkanes of at least 4 members (excludes halogenated alkanes) is 1. The third kappa shape index (κ3) is 8.23. The normalized spacial score (nSPS) is 15.4. The Kier molecular flexibility index (Phi) is 11.8. The average Bonchev–Trinajstić information content (AvgIpc) is 2.70. The van der Waals surface area contributed by atoms with Crippen LogP contribution in [0.25, 0.3) is 0 Å². The number of rotatable bonds is 9. The van der Waals surface area contributed by atoms with Gasteiger partial charge in [-0.15, -0.1) is 30.6 Å². The van der Waals surface area contributed by atoms with Gasteiger partial charge in [0.2, 0.25) is 10.0 Å². The largest absolute Gasteiger partial charge is 0.379 e. The second kappa shape index (κ2) is 13.2. The number of halogens is 1. The predicted octanol–water partition coefficient (Wildman–Crippen LogP) is 2.44. The Bertz CT molecular complexity index is 765. The minimum atomic E-state index is -3.36. The van der Waals surface area contributed by atoms with E-state index in [-0.39, 0.29) is 29.7 Å². The van der Waals surface area contributed by atoms with Crippen LogP contribution in [-0.2, 0) is 27.1 Å². The minimum absolute atomic E-state index is 0. The van der Waals surface area contributed by atoms with E-state index in [1.54, 1.807) is 7.05 Å². The van der Waals surface area contributed by atoms with Crippen LogP contribution in [0.4, 0.5) is 0 Å². The fourth-order valence-corrected chi connectivity index (χ4v) is 4.68. The quantitative estimate of drug-likeness (QED) is 0.173. The highest BCUT2D eigenvalue weighted by Gasteiger charge is 2.25. The summed E-state index contributed by atoms with van der Waals surface area (Å²) in [6.45, 7) is 6.90. The molecule has 0 radical (unpaired) electrons. The molecular weight excluding hydrogens is 503 g/mol. The molecular formula is C20H33IN4O3S. The molecule has 1 fully saturated rings. The first kappa shape index (κ1) is 25.9. The Balaban J connectivity index is 0.00000420. The van der Waals surface area contributed by atoms with Crippen molar-refractivity contribution in [3.63, 3.8) is 0 Å². The van der Waals surface area contributed by atoms with Gasteiger partial charge < -0.3 is 15.0 Å². The van der Waals surface area contributed by atoms with Gasteiger partial charge in [0.05, 0.1) is 19.0 Å². The first-order valence-corrected chi connectivity index (χ1v) is 11.2. The maximum absolute atomic E-state index is 12.8. The first-order valence-electron chi connectivity index (χ1n) is 9.63. The zero-order valence-corrected chi connectivity index (χ0v) is 20.5. The van der Waals surface area contributed by atoms with Crippen LogP contribution in [0.2, 0.25) is 0 Å². The van der Waals surface area contributed by atoms with E-state index in [1.807, 2.05) is 37.4 Å². The van der Waals surface area contributed by atoms with Gasteiger partial charge in [-0.05, 0) is 24.0 Å². The average molecular weight is 536 g/mol. The molecule has 0 aromatic heterocycles. The van der Waals surface area contributed by atoms with Gasteiger partial charge in [0, 0.05) is 40.3 Å². The molecule has 0 bridgehead atoms. The van der Waals surface area contributed by atoms with E-state index in [2.05, 4.69) is 21.8 Å². The molecule has 1 aliphatic rings. The summed E-state index contributed by atoms with van der Waals surface area (Å²) in [5.41, 5.74) is 1.77. The number of allylic oxidation sites excluding steroid dienone is 1. The number of hydrogen-bond donors (Lipinski definition) is 1. The van der Waals surface area contributed by atoms with E-state index in [0.29, 0.717) is 32.8 Å². The molecule has 7 nitrogen and oxygen atoms in total. The summed E-state index contributed by atoms with van der Waals surface area (Å²) < 4.78 is 32.3. The van der Waals surface area contributed by atoms with Crippen LogP contribution in [0.3, 0.4) is 0 Å². The van der Waals surface area contributed by atoms with E-state index < -0.39 is 10.0 Å². The van der Waals surface area contributed by atoms with Crippen molar-refractivity contribution in [3.05, 3.63) is 48.0 Å². The molecule has 0 unspecified atom stereocenters. The predicted molar refractivity (Wildman–Crippen MR) is 129 cm³/mol. The highest BCUT2D eigenvalue weighted by molar-refractivity contribution is 14.0. The van der Waals surface area contributed by atoms with Crippen molar-refractivity contribution in [1.82, 2.24) is 14.5 Å². The standard InChI is InChI=1S/C20H32N4O3S.HI/c1-4-5-8-11-23(3)20(21-2)22-16-18-9-6-7-10-19(18)17-28(25,26)24-12-14-27-15-13-24;/h4,6-7,9-10H,1,5,8,11-17H2,2-3H3,(H,21,22);1H. The van der Waals surface area contributed by atoms with E-state index in [9.17, 15) is 8.42 Å². The molecule has 164 valence electrons. The van der Waals surface area contributed by atoms with E-state index in [0.717, 1.165) is 36.5 Å². The summed E-state index contributed by atoms with van der Waals surface area (Å²) in [7, 11) is 0.386. The van der Waals surface area contributed by atoms with Gasteiger partial charge >= 0.3 is 0 Å². The molecule has 1 aromatic carbocycles. The first-order chi connectivity index (χ1) is 13.5. The number of guanidine groups is 1. The lowest BCUT2D eigenvalue weighted by Gasteiger charge is -2.26. The topological polar surface area (TPSA) is 74.2 Å². The number of ether oxygens (including phenoxy) is 1. The van der Waals surface area contributed by atoms with Crippen LogP contribution >= 0.6 is 24.0 Å². The number of hydrogen-bond acceptors (Lipinski definition) is 4. The molecule has 29 heavy (non-hydrogen) atoms. The molecule has 1 saturated heterocycles. The van der Waals surface area contributed by atoms with Crippen LogP contribution in [0.1, 0.15) is 24.0 Å². The number of nitrogens with zero attached hydrogens (tertiary/aromatic N) is 3. The van der Waals surface area contributed by atoms with Crippen LogP contribution in [0.5, 0.6) is 0 Å². The van der Waals surface area contributed by atoms with Gasteiger partial charge in [0.15, 0.2) is 5.96 Å². The van der Waals surface area contributed by atoms with Gasteiger partial charge in [-0.1, -0.05) is 30.3 Å². The minimum Gasteiger partial charge on any atom is -0.379 e. The van der Waals surface area contributed by atoms with Crippen molar-refractivity contribution in [2.24, 2.45) is 4.99 Å². The van der Waals surface area contributed by atoms with Crippen LogP contribution in [-0.4, -0.2) is 70.5 Å². The summed E-state index contributed by atoms with van der Waals surface area (Å²) in [5, 5.41) is 3.34. The molecule has 1 N–H and O–H groups in total. The molecule has 1 aliphatic heterocycles. The lowest BCUT2D eigenvalue weighted by Crippen LogP contribution is -2.41. The molecule has 2 rings (SSSR count). The summed E-state index contributed by atoms with van der Waals surface area (Å²) in [5.74, 6) is 0.786. The number of aliphatic imine (C=N–C) groups is 1. The highest BCUT2D eigenvalue weighted by Crippen LogP contribution is 2.16. The third-order valence-electron chi connectivity index (χ3n) is 4.73. The van der Waals surface area contributed by atoms with Crippen molar-refractivity contribution in [3.8, 4) is 0 Å². The van der Waals surface area contributed by atoms with E-state index >= 15 is 0 Å². The summed E-state index contributed by atoms with van der Waals surface area (Å²) in [4.78, 5) is 6.39. The van der Waals surface area contributed by atoms with E-state index in [4.69, 9.17) is 4.74 Å². The molecule has 0 saturated carbocycles. The maximum Gasteiger partial charge on any atom is 0.218 e. The Hall–Kier alpha value is -1.17. The second-order valence-electron chi connectivity index (χ2n) is 6.79. The van der Waals surface area contributed by atoms with Gasteiger partial charge in [-0.3, -0.25) is 4.99 Å². The SMILES string of the molecule is C=CCCCN(C)C(=NC)NCc1ccccc1CS(=O)(=O)N1CCOCC1.I. The van der Waals surface area contributed by atoms with Crippen molar-refractivity contribution in [2.45, 2.75) is 25.1 Å². The third-order valence-corrected chi connectivity index (χ3v) is 6.56. The molecule has 1 aromatic rings. The second-order valence-corrected chi connectivity index (χ2v) is 8.76. The summed E-state index contributed by atoms with van der Waals surface area (Å²) >= 11 is 0. The van der Waals surface area contributed by atoms with Gasteiger partial charge in [0.25, 0.3) is 0 Å². The Morgan fingerprint density at radius 2 is 1.97 bits per heavy atom. The monoisotopic (exact) mass is 536 g/mol. The van der Waals surface area contributed by atoms with Gasteiger partial charge in [-0.25, -0.2) is 8.42 Å². The van der Waals surface area contributed by atoms with Crippen LogP contribution in [0, 0.1) is 0 Å². The summed E-state index contributed by atoms with van der Waals surface area (Å²) in [6.07, 6.45) is 3.88. The Labute approximate surface area is 192 Å². The van der Waals surface area contributed by atoms with Crippen LogP contribution in [0.15, 0.2) is 41.9 Å². The van der Waals surface area contributed by atoms with Crippen molar-refractivity contribution < 1.29 is 13.2 Å². The molecule has 0 aliphatic carbocycles. The molecule has 9 heteroatoms. The number of benzene rings is 1. The van der Waals surface area contributed by atoms with Gasteiger partial charge in [-0.2, -0.15) is 4.31 Å². The van der Waals surface area contributed by atoms with Gasteiger partial charge in [0.1, 0.15) is 0 Å². The van der Waals surface area contributed by atoms with Crippen molar-refractivity contribution >= 4 is 40.0 Å². The molecule has 1 heterocycles. The summed E-state index contributed by atoms with van der Waals surface area (Å²) in [6, 6.07) is 7.65.